The Labute approximate surface area is 143 Å². The van der Waals surface area contributed by atoms with Gasteiger partial charge in [-0.15, -0.1) is 0 Å². The molecule has 0 rings (SSSR count). The van der Waals surface area contributed by atoms with Crippen molar-refractivity contribution < 1.29 is 27.5 Å². The molecule has 0 aromatic rings. The van der Waals surface area contributed by atoms with Gasteiger partial charge in [0.25, 0.3) is 0 Å². The van der Waals surface area contributed by atoms with E-state index < -0.39 is 8.80 Å². The van der Waals surface area contributed by atoms with Gasteiger partial charge in [0.1, 0.15) is 0 Å². The first-order chi connectivity index (χ1) is 11.2. The van der Waals surface area contributed by atoms with Crippen LogP contribution in [0.15, 0.2) is 0 Å². The maximum atomic E-state index is 6.03. The van der Waals surface area contributed by atoms with Gasteiger partial charge in [-0.3, -0.25) is 0 Å². The summed E-state index contributed by atoms with van der Waals surface area (Å²) in [5.74, 6) is 0. The number of hydrogen-bond donors (Lipinski definition) is 0. The molecule has 0 N–H and O–H groups in total. The van der Waals surface area contributed by atoms with Crippen molar-refractivity contribution in [2.45, 2.75) is 45.1 Å². The van der Waals surface area contributed by atoms with E-state index in [4.69, 9.17) is 27.5 Å². The SMILES string of the molecule is CCCCCCC[Si](OCCOC)(OCCOC)OCCOC. The monoisotopic (exact) mass is 352 g/mol. The molecule has 0 radical (unpaired) electrons. The number of hydrogen-bond acceptors (Lipinski definition) is 6. The lowest BCUT2D eigenvalue weighted by Crippen LogP contribution is -2.48. The van der Waals surface area contributed by atoms with Crippen molar-refractivity contribution in [1.29, 1.82) is 0 Å². The van der Waals surface area contributed by atoms with Crippen molar-refractivity contribution in [3.05, 3.63) is 0 Å². The molecule has 140 valence electrons. The fourth-order valence-electron chi connectivity index (χ4n) is 2.13. The van der Waals surface area contributed by atoms with Gasteiger partial charge in [-0.25, -0.2) is 0 Å². The van der Waals surface area contributed by atoms with E-state index in [1.165, 1.54) is 25.7 Å². The molecule has 6 nitrogen and oxygen atoms in total. The summed E-state index contributed by atoms with van der Waals surface area (Å²) in [5, 5.41) is 0. The molecular formula is C16H36O6Si. The highest BCUT2D eigenvalue weighted by molar-refractivity contribution is 6.60. The summed E-state index contributed by atoms with van der Waals surface area (Å²) in [5.41, 5.74) is 0. The molecule has 23 heavy (non-hydrogen) atoms. The molecule has 0 saturated heterocycles. The zero-order valence-electron chi connectivity index (χ0n) is 15.4. The molecule has 0 heterocycles. The second kappa shape index (κ2) is 16.8. The minimum absolute atomic E-state index is 0.484. The minimum Gasteiger partial charge on any atom is -0.382 e. The van der Waals surface area contributed by atoms with E-state index in [0.29, 0.717) is 39.6 Å². The smallest absolute Gasteiger partial charge is 0.382 e. The maximum Gasteiger partial charge on any atom is 0.501 e. The van der Waals surface area contributed by atoms with Crippen LogP contribution in [0.1, 0.15) is 39.0 Å². The predicted molar refractivity (Wildman–Crippen MR) is 92.8 cm³/mol. The van der Waals surface area contributed by atoms with Gasteiger partial charge in [0.2, 0.25) is 0 Å². The number of methoxy groups -OCH3 is 3. The van der Waals surface area contributed by atoms with Gasteiger partial charge in [-0.05, 0) is 6.42 Å². The van der Waals surface area contributed by atoms with E-state index in [-0.39, 0.29) is 0 Å². The predicted octanol–water partition coefficient (Wildman–Crippen LogP) is 2.88. The van der Waals surface area contributed by atoms with E-state index in [2.05, 4.69) is 6.92 Å². The van der Waals surface area contributed by atoms with E-state index in [9.17, 15) is 0 Å². The molecular weight excluding hydrogens is 316 g/mol. The summed E-state index contributed by atoms with van der Waals surface area (Å²) >= 11 is 0. The molecule has 0 bridgehead atoms. The fraction of sp³-hybridized carbons (Fsp3) is 1.00. The summed E-state index contributed by atoms with van der Waals surface area (Å²) in [6.45, 7) is 5.27. The first-order valence-electron chi connectivity index (χ1n) is 8.63. The second-order valence-corrected chi connectivity index (χ2v) is 8.10. The lowest BCUT2D eigenvalue weighted by molar-refractivity contribution is 0.0142. The number of rotatable bonds is 18. The quantitative estimate of drug-likeness (QED) is 0.279. The van der Waals surface area contributed by atoms with Gasteiger partial charge in [0.05, 0.1) is 39.6 Å². The van der Waals surface area contributed by atoms with Gasteiger partial charge >= 0.3 is 8.80 Å². The summed E-state index contributed by atoms with van der Waals surface area (Å²) in [7, 11) is 2.28. The molecule has 0 fully saturated rings. The Balaban J connectivity index is 4.52. The van der Waals surface area contributed by atoms with Crippen LogP contribution in [0.25, 0.3) is 0 Å². The fourth-order valence-corrected chi connectivity index (χ4v) is 4.68. The molecule has 0 unspecified atom stereocenters. The molecule has 0 aliphatic carbocycles. The highest BCUT2D eigenvalue weighted by Crippen LogP contribution is 2.20. The highest BCUT2D eigenvalue weighted by atomic mass is 28.4. The Kier molecular flexibility index (Phi) is 16.8. The van der Waals surface area contributed by atoms with E-state index in [1.54, 1.807) is 21.3 Å². The Morgan fingerprint density at radius 2 is 1.00 bits per heavy atom. The third kappa shape index (κ3) is 13.0. The van der Waals surface area contributed by atoms with Crippen LogP contribution < -0.4 is 0 Å². The molecule has 0 spiro atoms. The Morgan fingerprint density at radius 1 is 0.565 bits per heavy atom. The molecule has 7 heteroatoms. The lowest BCUT2D eigenvalue weighted by Gasteiger charge is -2.29. The second-order valence-electron chi connectivity index (χ2n) is 5.37. The van der Waals surface area contributed by atoms with Crippen molar-refractivity contribution in [3.63, 3.8) is 0 Å². The van der Waals surface area contributed by atoms with Gasteiger partial charge in [-0.2, -0.15) is 0 Å². The van der Waals surface area contributed by atoms with Gasteiger partial charge in [0, 0.05) is 27.4 Å². The van der Waals surface area contributed by atoms with Gasteiger partial charge in [-0.1, -0.05) is 32.6 Å². The van der Waals surface area contributed by atoms with E-state index >= 15 is 0 Å². The average Bonchev–Trinajstić information content (AvgIpc) is 2.55. The summed E-state index contributed by atoms with van der Waals surface area (Å²) in [6, 6.07) is 0.827. The van der Waals surface area contributed by atoms with Crippen LogP contribution in [0, 0.1) is 0 Å². The minimum atomic E-state index is -2.71. The third-order valence-electron chi connectivity index (χ3n) is 3.41. The normalized spacial score (nSPS) is 12.0. The zero-order valence-corrected chi connectivity index (χ0v) is 16.4. The molecule has 0 atom stereocenters. The molecule has 0 aliphatic rings. The van der Waals surface area contributed by atoms with Crippen molar-refractivity contribution >= 4 is 8.80 Å². The summed E-state index contributed by atoms with van der Waals surface area (Å²) in [6.07, 6.45) is 5.99. The maximum absolute atomic E-state index is 6.03. The van der Waals surface area contributed by atoms with Crippen LogP contribution in [-0.2, 0) is 27.5 Å². The van der Waals surface area contributed by atoms with Crippen molar-refractivity contribution in [1.82, 2.24) is 0 Å². The van der Waals surface area contributed by atoms with Crippen LogP contribution in [0.4, 0.5) is 0 Å². The van der Waals surface area contributed by atoms with Crippen molar-refractivity contribution in [3.8, 4) is 0 Å². The van der Waals surface area contributed by atoms with Crippen LogP contribution in [0.3, 0.4) is 0 Å². The Hall–Kier alpha value is -0.0231. The number of ether oxygens (including phenoxy) is 3. The lowest BCUT2D eigenvalue weighted by atomic mass is 10.2. The molecule has 0 amide bonds. The summed E-state index contributed by atoms with van der Waals surface area (Å²) in [4.78, 5) is 0. The number of unbranched alkanes of at least 4 members (excludes halogenated alkanes) is 4. The van der Waals surface area contributed by atoms with Crippen LogP contribution in [0.5, 0.6) is 0 Å². The first-order valence-corrected chi connectivity index (χ1v) is 10.6. The van der Waals surface area contributed by atoms with E-state index in [0.717, 1.165) is 12.5 Å². The first kappa shape index (κ1) is 23.0. The van der Waals surface area contributed by atoms with Crippen molar-refractivity contribution in [2.75, 3.05) is 61.0 Å². The van der Waals surface area contributed by atoms with Crippen LogP contribution >= 0.6 is 0 Å². The molecule has 0 aromatic carbocycles. The van der Waals surface area contributed by atoms with Crippen molar-refractivity contribution in [2.24, 2.45) is 0 Å². The molecule has 0 aromatic heterocycles. The van der Waals surface area contributed by atoms with Crippen LogP contribution in [-0.4, -0.2) is 69.8 Å². The standard InChI is InChI=1S/C16H36O6Si/c1-5-6-7-8-9-16-23(20-13-10-17-2,21-14-11-18-3)22-15-12-19-4/h5-16H2,1-4H3. The molecule has 0 saturated carbocycles. The topological polar surface area (TPSA) is 55.4 Å². The van der Waals surface area contributed by atoms with Gasteiger partial charge < -0.3 is 27.5 Å². The molecule has 0 aliphatic heterocycles. The summed E-state index contributed by atoms with van der Waals surface area (Å²) < 4.78 is 33.3. The zero-order chi connectivity index (χ0) is 17.2. The third-order valence-corrected chi connectivity index (χ3v) is 6.31. The largest absolute Gasteiger partial charge is 0.501 e. The Morgan fingerprint density at radius 3 is 1.39 bits per heavy atom. The Bertz CT molecular complexity index is 216. The highest BCUT2D eigenvalue weighted by Gasteiger charge is 2.40. The van der Waals surface area contributed by atoms with Crippen LogP contribution in [0.2, 0.25) is 6.04 Å². The van der Waals surface area contributed by atoms with Gasteiger partial charge in [0.15, 0.2) is 0 Å². The average molecular weight is 353 g/mol. The van der Waals surface area contributed by atoms with E-state index in [1.807, 2.05) is 0 Å².